The van der Waals surface area contributed by atoms with Gasteiger partial charge in [0, 0.05) is 24.8 Å². The number of benzene rings is 1. The smallest absolute Gasteiger partial charge is 0.0429 e. The van der Waals surface area contributed by atoms with E-state index in [-0.39, 0.29) is 6.04 Å². The summed E-state index contributed by atoms with van der Waals surface area (Å²) in [6, 6.07) is 7.44. The summed E-state index contributed by atoms with van der Waals surface area (Å²) in [5.74, 6) is 0. The fourth-order valence-corrected chi connectivity index (χ4v) is 2.63. The summed E-state index contributed by atoms with van der Waals surface area (Å²) in [6.07, 6.45) is 2.22. The monoisotopic (exact) mass is 204 g/mol. The summed E-state index contributed by atoms with van der Waals surface area (Å²) in [5.41, 5.74) is 10.2. The van der Waals surface area contributed by atoms with Crippen LogP contribution >= 0.6 is 0 Å². The van der Waals surface area contributed by atoms with Gasteiger partial charge in [0.25, 0.3) is 0 Å². The van der Waals surface area contributed by atoms with Crippen LogP contribution in [0.1, 0.15) is 24.5 Å². The SMILES string of the molecule is Cc1cccc2c1N(C)C(CC(C)N)C2. The molecule has 0 bridgehead atoms. The maximum atomic E-state index is 5.88. The van der Waals surface area contributed by atoms with Gasteiger partial charge in [-0.25, -0.2) is 0 Å². The van der Waals surface area contributed by atoms with Gasteiger partial charge in [-0.3, -0.25) is 0 Å². The predicted octanol–water partition coefficient (Wildman–Crippen LogP) is 2.09. The third-order valence-corrected chi connectivity index (χ3v) is 3.32. The number of para-hydroxylation sites is 1. The molecule has 2 atom stereocenters. The maximum absolute atomic E-state index is 5.88. The number of nitrogens with two attached hydrogens (primary N) is 1. The number of fused-ring (bicyclic) bond motifs is 1. The van der Waals surface area contributed by atoms with Crippen molar-refractivity contribution in [1.82, 2.24) is 0 Å². The summed E-state index contributed by atoms with van der Waals surface area (Å²) in [7, 11) is 2.19. The van der Waals surface area contributed by atoms with Crippen LogP contribution in [0.2, 0.25) is 0 Å². The van der Waals surface area contributed by atoms with Gasteiger partial charge in [0.1, 0.15) is 0 Å². The Labute approximate surface area is 92.1 Å². The Morgan fingerprint density at radius 3 is 2.87 bits per heavy atom. The third kappa shape index (κ3) is 1.86. The number of rotatable bonds is 2. The van der Waals surface area contributed by atoms with Crippen molar-refractivity contribution in [3.63, 3.8) is 0 Å². The van der Waals surface area contributed by atoms with E-state index in [0.717, 1.165) is 12.8 Å². The predicted molar refractivity (Wildman–Crippen MR) is 65.3 cm³/mol. The summed E-state index contributed by atoms with van der Waals surface area (Å²) >= 11 is 0. The standard InChI is InChI=1S/C13H20N2/c1-9-5-4-6-11-8-12(7-10(2)14)15(3)13(9)11/h4-6,10,12H,7-8,14H2,1-3H3. The van der Waals surface area contributed by atoms with Crippen molar-refractivity contribution in [3.8, 4) is 0 Å². The molecule has 1 heterocycles. The highest BCUT2D eigenvalue weighted by Gasteiger charge is 2.27. The van der Waals surface area contributed by atoms with Crippen LogP contribution in [0.4, 0.5) is 5.69 Å². The minimum Gasteiger partial charge on any atom is -0.371 e. The maximum Gasteiger partial charge on any atom is 0.0429 e. The molecule has 15 heavy (non-hydrogen) atoms. The van der Waals surface area contributed by atoms with Crippen LogP contribution < -0.4 is 10.6 Å². The van der Waals surface area contributed by atoms with Crippen molar-refractivity contribution >= 4 is 5.69 Å². The molecule has 1 aliphatic rings. The van der Waals surface area contributed by atoms with E-state index in [9.17, 15) is 0 Å². The normalized spacial score (nSPS) is 21.6. The summed E-state index contributed by atoms with van der Waals surface area (Å²) < 4.78 is 0. The van der Waals surface area contributed by atoms with Gasteiger partial charge >= 0.3 is 0 Å². The Bertz CT molecular complexity index is 358. The van der Waals surface area contributed by atoms with Crippen molar-refractivity contribution in [2.45, 2.75) is 38.8 Å². The summed E-state index contributed by atoms with van der Waals surface area (Å²) in [4.78, 5) is 2.40. The van der Waals surface area contributed by atoms with E-state index in [1.165, 1.54) is 16.8 Å². The third-order valence-electron chi connectivity index (χ3n) is 3.32. The number of nitrogens with zero attached hydrogens (tertiary/aromatic N) is 1. The van der Waals surface area contributed by atoms with Crippen molar-refractivity contribution < 1.29 is 0 Å². The Morgan fingerprint density at radius 1 is 1.53 bits per heavy atom. The topological polar surface area (TPSA) is 29.3 Å². The van der Waals surface area contributed by atoms with Gasteiger partial charge in [0.15, 0.2) is 0 Å². The molecule has 2 N–H and O–H groups in total. The molecular weight excluding hydrogens is 184 g/mol. The first-order chi connectivity index (χ1) is 7.09. The van der Waals surface area contributed by atoms with Gasteiger partial charge in [-0.1, -0.05) is 18.2 Å². The molecule has 0 amide bonds. The van der Waals surface area contributed by atoms with E-state index in [4.69, 9.17) is 5.73 Å². The van der Waals surface area contributed by atoms with Gasteiger partial charge in [-0.15, -0.1) is 0 Å². The first-order valence-electron chi connectivity index (χ1n) is 5.66. The molecule has 1 aromatic carbocycles. The molecule has 0 spiro atoms. The minimum atomic E-state index is 0.284. The number of hydrogen-bond donors (Lipinski definition) is 1. The highest BCUT2D eigenvalue weighted by Crippen LogP contribution is 2.34. The first-order valence-corrected chi connectivity index (χ1v) is 5.66. The molecule has 0 saturated heterocycles. The lowest BCUT2D eigenvalue weighted by Gasteiger charge is -2.25. The van der Waals surface area contributed by atoms with Gasteiger partial charge in [-0.05, 0) is 37.8 Å². The molecule has 0 aliphatic carbocycles. The average Bonchev–Trinajstić information content (AvgIpc) is 2.44. The van der Waals surface area contributed by atoms with Crippen LogP contribution in [0, 0.1) is 6.92 Å². The zero-order chi connectivity index (χ0) is 11.0. The number of likely N-dealkylation sites (N-methyl/N-ethyl adjacent to an activating group) is 1. The molecule has 2 nitrogen and oxygen atoms in total. The van der Waals surface area contributed by atoms with E-state index >= 15 is 0 Å². The fourth-order valence-electron chi connectivity index (χ4n) is 2.63. The van der Waals surface area contributed by atoms with Gasteiger partial charge in [0.2, 0.25) is 0 Å². The second kappa shape index (κ2) is 3.86. The van der Waals surface area contributed by atoms with Crippen LogP contribution in [0.15, 0.2) is 18.2 Å². The van der Waals surface area contributed by atoms with Crippen LogP contribution in [0.25, 0.3) is 0 Å². The lowest BCUT2D eigenvalue weighted by Crippen LogP contribution is -2.33. The molecule has 1 aromatic rings. The first kappa shape index (κ1) is 10.5. The minimum absolute atomic E-state index is 0.284. The molecule has 2 unspecified atom stereocenters. The van der Waals surface area contributed by atoms with E-state index in [1.54, 1.807) is 0 Å². The van der Waals surface area contributed by atoms with Crippen LogP contribution in [-0.2, 0) is 6.42 Å². The Morgan fingerprint density at radius 2 is 2.27 bits per heavy atom. The van der Waals surface area contributed by atoms with Gasteiger partial charge in [-0.2, -0.15) is 0 Å². The summed E-state index contributed by atoms with van der Waals surface area (Å²) in [6.45, 7) is 4.27. The Kier molecular flexibility index (Phi) is 2.70. The fraction of sp³-hybridized carbons (Fsp3) is 0.538. The van der Waals surface area contributed by atoms with Gasteiger partial charge < -0.3 is 10.6 Å². The average molecular weight is 204 g/mol. The molecular formula is C13H20N2. The van der Waals surface area contributed by atoms with Crippen LogP contribution in [0.5, 0.6) is 0 Å². The zero-order valence-electron chi connectivity index (χ0n) is 9.83. The summed E-state index contributed by atoms with van der Waals surface area (Å²) in [5, 5.41) is 0. The molecule has 0 aromatic heterocycles. The largest absolute Gasteiger partial charge is 0.371 e. The van der Waals surface area contributed by atoms with Crippen molar-refractivity contribution in [2.24, 2.45) is 5.73 Å². The van der Waals surface area contributed by atoms with Crippen molar-refractivity contribution in [3.05, 3.63) is 29.3 Å². The molecule has 1 aliphatic heterocycles. The van der Waals surface area contributed by atoms with Crippen LogP contribution in [-0.4, -0.2) is 19.1 Å². The Hall–Kier alpha value is -1.02. The van der Waals surface area contributed by atoms with Crippen molar-refractivity contribution in [1.29, 1.82) is 0 Å². The van der Waals surface area contributed by atoms with E-state index < -0.39 is 0 Å². The molecule has 0 radical (unpaired) electrons. The van der Waals surface area contributed by atoms with Gasteiger partial charge in [0.05, 0.1) is 0 Å². The number of anilines is 1. The number of aryl methyl sites for hydroxylation is 1. The highest BCUT2D eigenvalue weighted by atomic mass is 15.2. The molecule has 0 fully saturated rings. The van der Waals surface area contributed by atoms with E-state index in [0.29, 0.717) is 6.04 Å². The molecule has 2 rings (SSSR count). The molecule has 2 heteroatoms. The molecule has 0 saturated carbocycles. The van der Waals surface area contributed by atoms with E-state index in [1.807, 2.05) is 0 Å². The number of hydrogen-bond acceptors (Lipinski definition) is 2. The second-order valence-corrected chi connectivity index (χ2v) is 4.76. The Balaban J connectivity index is 2.25. The lowest BCUT2D eigenvalue weighted by atomic mass is 10.0. The highest BCUT2D eigenvalue weighted by molar-refractivity contribution is 5.63. The van der Waals surface area contributed by atoms with Crippen molar-refractivity contribution in [2.75, 3.05) is 11.9 Å². The van der Waals surface area contributed by atoms with Crippen LogP contribution in [0.3, 0.4) is 0 Å². The quantitative estimate of drug-likeness (QED) is 0.799. The molecule has 82 valence electrons. The second-order valence-electron chi connectivity index (χ2n) is 4.76. The van der Waals surface area contributed by atoms with E-state index in [2.05, 4.69) is 44.0 Å². The zero-order valence-corrected chi connectivity index (χ0v) is 9.83. The lowest BCUT2D eigenvalue weighted by molar-refractivity contribution is 0.543.